The van der Waals surface area contributed by atoms with E-state index in [0.29, 0.717) is 10.5 Å². The number of methoxy groups -OCH3 is 1. The molecular weight excluding hydrogens is 370 g/mol. The van der Waals surface area contributed by atoms with Gasteiger partial charge in [0.1, 0.15) is 5.69 Å². The summed E-state index contributed by atoms with van der Waals surface area (Å²) in [5, 5.41) is 0. The third kappa shape index (κ3) is 3.48. The van der Waals surface area contributed by atoms with Crippen LogP contribution in [0.5, 0.6) is 5.88 Å². The normalized spacial score (nSPS) is 11.2. The van der Waals surface area contributed by atoms with E-state index in [9.17, 15) is 17.2 Å². The number of hydrogen-bond acceptors (Lipinski definition) is 4. The molecule has 2 aromatic rings. The summed E-state index contributed by atoms with van der Waals surface area (Å²) in [5.41, 5.74) is 0.0663. The number of nitrogens with zero attached hydrogens (tertiary/aromatic N) is 1. The van der Waals surface area contributed by atoms with Crippen LogP contribution in [0.2, 0.25) is 0 Å². The maximum absolute atomic E-state index is 13.1. The lowest BCUT2D eigenvalue weighted by Crippen LogP contribution is -2.14. The van der Waals surface area contributed by atoms with E-state index < -0.39 is 26.6 Å². The molecule has 1 aromatic heterocycles. The number of ether oxygens (including phenoxy) is 1. The fourth-order valence-corrected chi connectivity index (χ4v) is 2.90. The van der Waals surface area contributed by atoms with Crippen LogP contribution in [0, 0.1) is 11.6 Å². The van der Waals surface area contributed by atoms with E-state index in [2.05, 4.69) is 25.6 Å². The summed E-state index contributed by atoms with van der Waals surface area (Å²) in [5.74, 6) is -2.34. The minimum Gasteiger partial charge on any atom is -0.479 e. The first-order valence-electron chi connectivity index (χ1n) is 5.51. The molecule has 1 N–H and O–H groups in total. The van der Waals surface area contributed by atoms with Crippen molar-refractivity contribution in [3.8, 4) is 5.88 Å². The van der Waals surface area contributed by atoms with E-state index in [1.807, 2.05) is 0 Å². The molecule has 5 nitrogen and oxygen atoms in total. The zero-order valence-corrected chi connectivity index (χ0v) is 13.0. The third-order valence-corrected chi connectivity index (χ3v) is 4.25. The zero-order chi connectivity index (χ0) is 15.6. The van der Waals surface area contributed by atoms with Crippen LogP contribution in [-0.2, 0) is 10.0 Å². The molecule has 1 aromatic carbocycles. The fourth-order valence-electron chi connectivity index (χ4n) is 1.51. The SMILES string of the molecule is COc1ncc(Br)cc1NS(=O)(=O)c1ccc(F)c(F)c1. The second-order valence-electron chi connectivity index (χ2n) is 3.89. The van der Waals surface area contributed by atoms with Gasteiger partial charge in [-0.1, -0.05) is 0 Å². The molecule has 2 rings (SSSR count). The minimum atomic E-state index is -4.10. The topological polar surface area (TPSA) is 68.3 Å². The maximum Gasteiger partial charge on any atom is 0.262 e. The number of benzene rings is 1. The number of rotatable bonds is 4. The van der Waals surface area contributed by atoms with Crippen LogP contribution < -0.4 is 9.46 Å². The monoisotopic (exact) mass is 378 g/mol. The van der Waals surface area contributed by atoms with Gasteiger partial charge in [-0.2, -0.15) is 0 Å². The van der Waals surface area contributed by atoms with Crippen molar-refractivity contribution < 1.29 is 21.9 Å². The van der Waals surface area contributed by atoms with Crippen LogP contribution in [0.1, 0.15) is 0 Å². The average Bonchev–Trinajstić information content (AvgIpc) is 2.41. The summed E-state index contributed by atoms with van der Waals surface area (Å²) >= 11 is 3.15. The summed E-state index contributed by atoms with van der Waals surface area (Å²) in [6, 6.07) is 3.72. The van der Waals surface area contributed by atoms with Gasteiger partial charge in [-0.15, -0.1) is 0 Å². The number of sulfonamides is 1. The smallest absolute Gasteiger partial charge is 0.262 e. The van der Waals surface area contributed by atoms with Gasteiger partial charge in [-0.3, -0.25) is 4.72 Å². The number of pyridine rings is 1. The number of nitrogens with one attached hydrogen (secondary N) is 1. The molecule has 9 heteroatoms. The Morgan fingerprint density at radius 2 is 1.95 bits per heavy atom. The van der Waals surface area contributed by atoms with Crippen LogP contribution in [0.3, 0.4) is 0 Å². The highest BCUT2D eigenvalue weighted by atomic mass is 79.9. The Morgan fingerprint density at radius 1 is 1.24 bits per heavy atom. The molecule has 0 saturated heterocycles. The Bertz CT molecular complexity index is 784. The van der Waals surface area contributed by atoms with Gasteiger partial charge in [0, 0.05) is 10.7 Å². The number of hydrogen-bond donors (Lipinski definition) is 1. The van der Waals surface area contributed by atoms with E-state index in [0.717, 1.165) is 12.1 Å². The first-order valence-corrected chi connectivity index (χ1v) is 7.78. The minimum absolute atomic E-state index is 0.0457. The first kappa shape index (κ1) is 15.6. The van der Waals surface area contributed by atoms with Crippen LogP contribution in [0.15, 0.2) is 39.8 Å². The Hall–Kier alpha value is -1.74. The predicted octanol–water partition coefficient (Wildman–Crippen LogP) is 2.93. The van der Waals surface area contributed by atoms with Gasteiger partial charge >= 0.3 is 0 Å². The molecular formula is C12H9BrF2N2O3S. The van der Waals surface area contributed by atoms with Crippen molar-refractivity contribution in [3.05, 3.63) is 46.6 Å². The molecule has 0 aliphatic heterocycles. The lowest BCUT2D eigenvalue weighted by atomic mass is 10.3. The predicted molar refractivity (Wildman–Crippen MR) is 75.7 cm³/mol. The van der Waals surface area contributed by atoms with E-state index in [1.54, 1.807) is 0 Å². The average molecular weight is 379 g/mol. The van der Waals surface area contributed by atoms with Crippen molar-refractivity contribution in [2.24, 2.45) is 0 Å². The molecule has 0 aliphatic carbocycles. The molecule has 112 valence electrons. The van der Waals surface area contributed by atoms with E-state index in [4.69, 9.17) is 4.74 Å². The van der Waals surface area contributed by atoms with Crippen molar-refractivity contribution in [1.82, 2.24) is 4.98 Å². The van der Waals surface area contributed by atoms with Gasteiger partial charge in [-0.25, -0.2) is 22.2 Å². The number of halogens is 3. The Morgan fingerprint density at radius 3 is 2.57 bits per heavy atom. The molecule has 0 fully saturated rings. The summed E-state index contributed by atoms with van der Waals surface area (Å²) in [6.45, 7) is 0. The van der Waals surface area contributed by atoms with E-state index in [-0.39, 0.29) is 11.6 Å². The molecule has 0 aliphatic rings. The Labute approximate surface area is 128 Å². The van der Waals surface area contributed by atoms with Crippen LogP contribution in [0.25, 0.3) is 0 Å². The highest BCUT2D eigenvalue weighted by Crippen LogP contribution is 2.27. The van der Waals surface area contributed by atoms with Crippen LogP contribution >= 0.6 is 15.9 Å². The highest BCUT2D eigenvalue weighted by Gasteiger charge is 2.19. The van der Waals surface area contributed by atoms with Gasteiger partial charge in [0.25, 0.3) is 10.0 Å². The third-order valence-electron chi connectivity index (χ3n) is 2.46. The standard InChI is InChI=1S/C12H9BrF2N2O3S/c1-20-12-11(4-7(13)6-16-12)17-21(18,19)8-2-3-9(14)10(15)5-8/h2-6,17H,1H3. The van der Waals surface area contributed by atoms with Gasteiger partial charge < -0.3 is 4.74 Å². The molecule has 0 bridgehead atoms. The molecule has 0 unspecified atom stereocenters. The second kappa shape index (κ2) is 5.94. The molecule has 0 spiro atoms. The number of aromatic nitrogens is 1. The number of anilines is 1. The van der Waals surface area contributed by atoms with Gasteiger partial charge in [0.15, 0.2) is 11.6 Å². The summed E-state index contributed by atoms with van der Waals surface area (Å²) in [7, 11) is -2.77. The maximum atomic E-state index is 13.1. The fraction of sp³-hybridized carbons (Fsp3) is 0.0833. The summed E-state index contributed by atoms with van der Waals surface area (Å²) in [4.78, 5) is 3.46. The largest absolute Gasteiger partial charge is 0.479 e. The quantitative estimate of drug-likeness (QED) is 0.887. The van der Waals surface area contributed by atoms with Crippen molar-refractivity contribution >= 4 is 31.6 Å². The van der Waals surface area contributed by atoms with Crippen molar-refractivity contribution in [1.29, 1.82) is 0 Å². The van der Waals surface area contributed by atoms with Gasteiger partial charge in [0.05, 0.1) is 12.0 Å². The van der Waals surface area contributed by atoms with E-state index >= 15 is 0 Å². The Balaban J connectivity index is 2.41. The first-order chi connectivity index (χ1) is 9.83. The molecule has 0 saturated carbocycles. The molecule has 21 heavy (non-hydrogen) atoms. The molecule has 1 heterocycles. The molecule has 0 radical (unpaired) electrons. The van der Waals surface area contributed by atoms with Crippen molar-refractivity contribution in [3.63, 3.8) is 0 Å². The zero-order valence-electron chi connectivity index (χ0n) is 10.6. The second-order valence-corrected chi connectivity index (χ2v) is 6.49. The molecule has 0 amide bonds. The lowest BCUT2D eigenvalue weighted by Gasteiger charge is -2.11. The van der Waals surface area contributed by atoms with E-state index in [1.165, 1.54) is 19.4 Å². The van der Waals surface area contributed by atoms with Gasteiger partial charge in [0.2, 0.25) is 5.88 Å². The summed E-state index contributed by atoms with van der Waals surface area (Å²) < 4.78 is 58.0. The van der Waals surface area contributed by atoms with Crippen LogP contribution in [-0.4, -0.2) is 20.5 Å². The molecule has 0 atom stereocenters. The van der Waals surface area contributed by atoms with Crippen LogP contribution in [0.4, 0.5) is 14.5 Å². The highest BCUT2D eigenvalue weighted by molar-refractivity contribution is 9.10. The van der Waals surface area contributed by atoms with Crippen molar-refractivity contribution in [2.75, 3.05) is 11.8 Å². The lowest BCUT2D eigenvalue weighted by molar-refractivity contribution is 0.400. The van der Waals surface area contributed by atoms with Gasteiger partial charge in [-0.05, 0) is 40.2 Å². The van der Waals surface area contributed by atoms with Crippen molar-refractivity contribution in [2.45, 2.75) is 4.90 Å². The summed E-state index contributed by atoms with van der Waals surface area (Å²) in [6.07, 6.45) is 1.42. The Kier molecular flexibility index (Phi) is 4.43.